The number of carbonyl (C=O) groups is 1. The highest BCUT2D eigenvalue weighted by molar-refractivity contribution is 7.89. The first-order valence-corrected chi connectivity index (χ1v) is 10.8. The van der Waals surface area contributed by atoms with E-state index in [0.29, 0.717) is 35.8 Å². The lowest BCUT2D eigenvalue weighted by Gasteiger charge is -2.31. The standard InChI is InChI=1S/C20H23ClN2O4S/c1-14-9-10-16(12-17(14)21)28(25,26)23-11-5-6-15(13-23)20(24)22-18-7-3-4-8-19(18)27-2/h3-4,7-10,12,15H,5-6,11,13H2,1-2H3,(H,22,24). The summed E-state index contributed by atoms with van der Waals surface area (Å²) >= 11 is 6.10. The second kappa shape index (κ2) is 8.51. The molecule has 150 valence electrons. The van der Waals surface area contributed by atoms with Gasteiger partial charge >= 0.3 is 0 Å². The molecular formula is C20H23ClN2O4S. The Morgan fingerprint density at radius 1 is 1.25 bits per heavy atom. The molecule has 3 rings (SSSR count). The molecular weight excluding hydrogens is 400 g/mol. The number of sulfonamides is 1. The van der Waals surface area contributed by atoms with Crippen molar-refractivity contribution in [1.29, 1.82) is 0 Å². The Kier molecular flexibility index (Phi) is 6.27. The zero-order valence-electron chi connectivity index (χ0n) is 15.8. The second-order valence-electron chi connectivity index (χ2n) is 6.80. The van der Waals surface area contributed by atoms with E-state index >= 15 is 0 Å². The van der Waals surface area contributed by atoms with E-state index in [4.69, 9.17) is 16.3 Å². The summed E-state index contributed by atoms with van der Waals surface area (Å²) in [6.07, 6.45) is 1.24. The van der Waals surface area contributed by atoms with E-state index in [9.17, 15) is 13.2 Å². The maximum Gasteiger partial charge on any atom is 0.243 e. The number of methoxy groups -OCH3 is 1. The number of nitrogens with one attached hydrogen (secondary N) is 1. The van der Waals surface area contributed by atoms with E-state index in [1.54, 1.807) is 30.3 Å². The molecule has 1 fully saturated rings. The minimum atomic E-state index is -3.71. The molecule has 0 saturated carbocycles. The number of anilines is 1. The fourth-order valence-corrected chi connectivity index (χ4v) is 5.04. The number of hydrogen-bond donors (Lipinski definition) is 1. The van der Waals surface area contributed by atoms with Gasteiger partial charge in [-0.25, -0.2) is 8.42 Å². The highest BCUT2D eigenvalue weighted by atomic mass is 35.5. The van der Waals surface area contributed by atoms with Gasteiger partial charge in [0.1, 0.15) is 5.75 Å². The largest absolute Gasteiger partial charge is 0.495 e. The molecule has 1 atom stereocenters. The Morgan fingerprint density at radius 2 is 2.00 bits per heavy atom. The van der Waals surface area contributed by atoms with Crippen LogP contribution in [0.25, 0.3) is 0 Å². The highest BCUT2D eigenvalue weighted by Crippen LogP contribution is 2.29. The van der Waals surface area contributed by atoms with Crippen LogP contribution in [0.4, 0.5) is 5.69 Å². The first-order valence-electron chi connectivity index (χ1n) is 9.03. The van der Waals surface area contributed by atoms with Crippen molar-refractivity contribution in [3.05, 3.63) is 53.1 Å². The van der Waals surface area contributed by atoms with Crippen molar-refractivity contribution in [2.45, 2.75) is 24.7 Å². The fourth-order valence-electron chi connectivity index (χ4n) is 3.24. The smallest absolute Gasteiger partial charge is 0.243 e. The monoisotopic (exact) mass is 422 g/mol. The van der Waals surface area contributed by atoms with Crippen LogP contribution in [0.2, 0.25) is 5.02 Å². The third kappa shape index (κ3) is 4.32. The van der Waals surface area contributed by atoms with Crippen molar-refractivity contribution in [2.75, 3.05) is 25.5 Å². The summed E-state index contributed by atoms with van der Waals surface area (Å²) in [7, 11) is -2.17. The van der Waals surface area contributed by atoms with Crippen molar-refractivity contribution in [3.8, 4) is 5.75 Å². The number of carbonyl (C=O) groups excluding carboxylic acids is 1. The normalized spacial score (nSPS) is 17.9. The van der Waals surface area contributed by atoms with Crippen LogP contribution in [0.1, 0.15) is 18.4 Å². The van der Waals surface area contributed by atoms with Gasteiger partial charge < -0.3 is 10.1 Å². The van der Waals surface area contributed by atoms with Gasteiger partial charge in [0.25, 0.3) is 0 Å². The lowest BCUT2D eigenvalue weighted by atomic mass is 9.98. The third-order valence-electron chi connectivity index (χ3n) is 4.90. The number of nitrogens with zero attached hydrogens (tertiary/aromatic N) is 1. The van der Waals surface area contributed by atoms with Crippen LogP contribution in [0.5, 0.6) is 5.75 Å². The molecule has 1 heterocycles. The zero-order valence-corrected chi connectivity index (χ0v) is 17.4. The number of rotatable bonds is 5. The Hall–Kier alpha value is -2.09. The zero-order chi connectivity index (χ0) is 20.3. The van der Waals surface area contributed by atoms with Gasteiger partial charge in [-0.1, -0.05) is 29.8 Å². The van der Waals surface area contributed by atoms with Crippen LogP contribution >= 0.6 is 11.6 Å². The molecule has 6 nitrogen and oxygen atoms in total. The van der Waals surface area contributed by atoms with Crippen LogP contribution in [0, 0.1) is 12.8 Å². The van der Waals surface area contributed by atoms with E-state index < -0.39 is 15.9 Å². The minimum Gasteiger partial charge on any atom is -0.495 e. The van der Waals surface area contributed by atoms with Gasteiger partial charge in [0.05, 0.1) is 23.6 Å². The minimum absolute atomic E-state index is 0.134. The predicted molar refractivity (Wildman–Crippen MR) is 109 cm³/mol. The average Bonchev–Trinajstić information content (AvgIpc) is 2.70. The number of hydrogen-bond acceptors (Lipinski definition) is 4. The van der Waals surface area contributed by atoms with E-state index in [1.807, 2.05) is 13.0 Å². The van der Waals surface area contributed by atoms with E-state index in [0.717, 1.165) is 5.56 Å². The molecule has 1 N–H and O–H groups in total. The van der Waals surface area contributed by atoms with Crippen molar-refractivity contribution in [2.24, 2.45) is 5.92 Å². The lowest BCUT2D eigenvalue weighted by molar-refractivity contribution is -0.120. The molecule has 1 saturated heterocycles. The number of piperidine rings is 1. The Balaban J connectivity index is 1.76. The average molecular weight is 423 g/mol. The first kappa shape index (κ1) is 20.6. The first-order chi connectivity index (χ1) is 13.3. The summed E-state index contributed by atoms with van der Waals surface area (Å²) in [5.41, 5.74) is 1.38. The maximum absolute atomic E-state index is 13.0. The fraction of sp³-hybridized carbons (Fsp3) is 0.350. The van der Waals surface area contributed by atoms with Crippen molar-refractivity contribution in [1.82, 2.24) is 4.31 Å². The van der Waals surface area contributed by atoms with Crippen LogP contribution in [-0.2, 0) is 14.8 Å². The summed E-state index contributed by atoms with van der Waals surface area (Å²) in [5.74, 6) is -0.0915. The van der Waals surface area contributed by atoms with E-state index in [1.165, 1.54) is 17.5 Å². The Labute approximate surface area is 170 Å². The summed E-state index contributed by atoms with van der Waals surface area (Å²) < 4.78 is 32.6. The van der Waals surface area contributed by atoms with Gasteiger partial charge in [0, 0.05) is 18.1 Å². The molecule has 0 aromatic heterocycles. The van der Waals surface area contributed by atoms with E-state index in [2.05, 4.69) is 5.32 Å². The van der Waals surface area contributed by atoms with Gasteiger partial charge in [-0.05, 0) is 49.6 Å². The molecule has 0 radical (unpaired) electrons. The Morgan fingerprint density at radius 3 is 2.71 bits per heavy atom. The predicted octanol–water partition coefficient (Wildman–Crippen LogP) is 3.70. The molecule has 0 spiro atoms. The molecule has 1 aliphatic heterocycles. The summed E-state index contributed by atoms with van der Waals surface area (Å²) in [5, 5.41) is 3.26. The molecule has 28 heavy (non-hydrogen) atoms. The van der Waals surface area contributed by atoms with Crippen molar-refractivity contribution in [3.63, 3.8) is 0 Å². The van der Waals surface area contributed by atoms with Gasteiger partial charge in [-0.3, -0.25) is 4.79 Å². The van der Waals surface area contributed by atoms with Crippen LogP contribution in [-0.4, -0.2) is 38.8 Å². The highest BCUT2D eigenvalue weighted by Gasteiger charge is 2.33. The molecule has 2 aromatic rings. The SMILES string of the molecule is COc1ccccc1NC(=O)C1CCCN(S(=O)(=O)c2ccc(C)c(Cl)c2)C1. The van der Waals surface area contributed by atoms with Gasteiger partial charge in [0.15, 0.2) is 0 Å². The van der Waals surface area contributed by atoms with Crippen molar-refractivity contribution >= 4 is 33.2 Å². The van der Waals surface area contributed by atoms with Crippen LogP contribution in [0.15, 0.2) is 47.4 Å². The number of aryl methyl sites for hydroxylation is 1. The molecule has 1 unspecified atom stereocenters. The maximum atomic E-state index is 13.0. The second-order valence-corrected chi connectivity index (χ2v) is 9.15. The van der Waals surface area contributed by atoms with Crippen LogP contribution < -0.4 is 10.1 Å². The molecule has 2 aromatic carbocycles. The molecule has 8 heteroatoms. The van der Waals surface area contributed by atoms with E-state index in [-0.39, 0.29) is 17.3 Å². The van der Waals surface area contributed by atoms with Gasteiger partial charge in [0.2, 0.25) is 15.9 Å². The summed E-state index contributed by atoms with van der Waals surface area (Å²) in [6, 6.07) is 11.8. The number of para-hydroxylation sites is 2. The molecule has 0 bridgehead atoms. The quantitative estimate of drug-likeness (QED) is 0.797. The number of ether oxygens (including phenoxy) is 1. The molecule has 1 amide bonds. The summed E-state index contributed by atoms with van der Waals surface area (Å²) in [6.45, 7) is 2.33. The number of benzene rings is 2. The molecule has 0 aliphatic carbocycles. The van der Waals surface area contributed by atoms with Crippen LogP contribution in [0.3, 0.4) is 0 Å². The van der Waals surface area contributed by atoms with Crippen molar-refractivity contribution < 1.29 is 17.9 Å². The lowest BCUT2D eigenvalue weighted by Crippen LogP contribution is -2.43. The number of halogens is 1. The van der Waals surface area contributed by atoms with Gasteiger partial charge in [-0.2, -0.15) is 4.31 Å². The number of amides is 1. The summed E-state index contributed by atoms with van der Waals surface area (Å²) in [4.78, 5) is 12.9. The molecule has 1 aliphatic rings. The Bertz CT molecular complexity index is 978. The van der Waals surface area contributed by atoms with Gasteiger partial charge in [-0.15, -0.1) is 0 Å². The third-order valence-corrected chi connectivity index (χ3v) is 7.17. The topological polar surface area (TPSA) is 75.7 Å².